The standard InChI is InChI=1S/C18H23N3O5S/c1-4-6-11-8-13(27-10(11)3)17(24)26-9-12(22)14-15(19)21(7-5-2)18(25)20-16(14)23/h8H,4-7,9,19H2,1-3H3,(H,20,23,25). The maximum Gasteiger partial charge on any atom is 0.348 e. The number of nitrogens with zero attached hydrogens (tertiary/aromatic N) is 1. The molecule has 0 aliphatic carbocycles. The maximum atomic E-state index is 12.4. The molecular formula is C18H23N3O5S. The van der Waals surface area contributed by atoms with Crippen molar-refractivity contribution in [2.75, 3.05) is 12.3 Å². The predicted molar refractivity (Wildman–Crippen MR) is 104 cm³/mol. The van der Waals surface area contributed by atoms with Crippen molar-refractivity contribution in [3.63, 3.8) is 0 Å². The minimum atomic E-state index is -0.886. The summed E-state index contributed by atoms with van der Waals surface area (Å²) in [4.78, 5) is 51.9. The normalized spacial score (nSPS) is 10.8. The first kappa shape index (κ1) is 20.6. The number of ether oxygens (including phenoxy) is 1. The van der Waals surface area contributed by atoms with Gasteiger partial charge in [-0.1, -0.05) is 20.3 Å². The van der Waals surface area contributed by atoms with E-state index in [1.807, 2.05) is 20.8 Å². The van der Waals surface area contributed by atoms with Crippen molar-refractivity contribution in [3.8, 4) is 0 Å². The number of H-pyrrole nitrogens is 1. The third-order valence-corrected chi connectivity index (χ3v) is 5.11. The maximum absolute atomic E-state index is 12.4. The van der Waals surface area contributed by atoms with E-state index in [0.717, 1.165) is 27.8 Å². The molecular weight excluding hydrogens is 370 g/mol. The summed E-state index contributed by atoms with van der Waals surface area (Å²) < 4.78 is 6.18. The van der Waals surface area contributed by atoms with Crippen LogP contribution in [0.3, 0.4) is 0 Å². The second kappa shape index (κ2) is 8.81. The van der Waals surface area contributed by atoms with Crippen LogP contribution in [-0.2, 0) is 17.7 Å². The zero-order valence-corrected chi connectivity index (χ0v) is 16.4. The van der Waals surface area contributed by atoms with Gasteiger partial charge < -0.3 is 10.5 Å². The third kappa shape index (κ3) is 4.54. The van der Waals surface area contributed by atoms with Crippen LogP contribution < -0.4 is 17.0 Å². The minimum absolute atomic E-state index is 0.219. The molecule has 27 heavy (non-hydrogen) atoms. The monoisotopic (exact) mass is 393 g/mol. The van der Waals surface area contributed by atoms with Crippen LogP contribution in [0.25, 0.3) is 0 Å². The first-order valence-electron chi connectivity index (χ1n) is 8.72. The van der Waals surface area contributed by atoms with E-state index >= 15 is 0 Å². The molecule has 0 spiro atoms. The summed E-state index contributed by atoms with van der Waals surface area (Å²) in [5, 5.41) is 0. The summed E-state index contributed by atoms with van der Waals surface area (Å²) in [6.45, 7) is 5.44. The van der Waals surface area contributed by atoms with E-state index in [-0.39, 0.29) is 17.9 Å². The highest BCUT2D eigenvalue weighted by atomic mass is 32.1. The fourth-order valence-electron chi connectivity index (χ4n) is 2.72. The van der Waals surface area contributed by atoms with Crippen molar-refractivity contribution in [2.24, 2.45) is 0 Å². The number of carbonyl (C=O) groups excluding carboxylic acids is 2. The van der Waals surface area contributed by atoms with Gasteiger partial charge in [-0.2, -0.15) is 0 Å². The number of anilines is 1. The van der Waals surface area contributed by atoms with E-state index in [9.17, 15) is 19.2 Å². The summed E-state index contributed by atoms with van der Waals surface area (Å²) >= 11 is 1.30. The number of nitrogens with one attached hydrogen (secondary N) is 1. The van der Waals surface area contributed by atoms with E-state index in [4.69, 9.17) is 10.5 Å². The molecule has 8 nitrogen and oxygen atoms in total. The van der Waals surface area contributed by atoms with Crippen LogP contribution in [0.15, 0.2) is 15.7 Å². The van der Waals surface area contributed by atoms with Crippen LogP contribution in [0.1, 0.15) is 57.2 Å². The lowest BCUT2D eigenvalue weighted by atomic mass is 10.1. The van der Waals surface area contributed by atoms with Gasteiger partial charge in [0.2, 0.25) is 5.78 Å². The molecule has 0 radical (unpaired) electrons. The van der Waals surface area contributed by atoms with Crippen molar-refractivity contribution in [2.45, 2.75) is 46.6 Å². The van der Waals surface area contributed by atoms with Gasteiger partial charge in [0.05, 0.1) is 0 Å². The first-order valence-corrected chi connectivity index (χ1v) is 9.53. The van der Waals surface area contributed by atoms with Crippen molar-refractivity contribution in [1.29, 1.82) is 0 Å². The molecule has 0 bridgehead atoms. The lowest BCUT2D eigenvalue weighted by Crippen LogP contribution is -2.37. The highest BCUT2D eigenvalue weighted by Gasteiger charge is 2.21. The zero-order valence-electron chi connectivity index (χ0n) is 15.6. The highest BCUT2D eigenvalue weighted by Crippen LogP contribution is 2.23. The minimum Gasteiger partial charge on any atom is -0.453 e. The molecule has 0 saturated heterocycles. The van der Waals surface area contributed by atoms with Gasteiger partial charge in [-0.3, -0.25) is 19.1 Å². The van der Waals surface area contributed by atoms with Crippen LogP contribution in [0.2, 0.25) is 0 Å². The van der Waals surface area contributed by atoms with Crippen LogP contribution >= 0.6 is 11.3 Å². The van der Waals surface area contributed by atoms with Crippen LogP contribution in [-0.4, -0.2) is 27.9 Å². The molecule has 2 rings (SSSR count). The molecule has 0 amide bonds. The summed E-state index contributed by atoms with van der Waals surface area (Å²) in [6.07, 6.45) is 2.41. The molecule has 0 unspecified atom stereocenters. The van der Waals surface area contributed by atoms with Crippen LogP contribution in [0.4, 0.5) is 5.82 Å². The number of aromatic nitrogens is 2. The van der Waals surface area contributed by atoms with Gasteiger partial charge in [0.25, 0.3) is 5.56 Å². The number of thiophene rings is 1. The highest BCUT2D eigenvalue weighted by molar-refractivity contribution is 7.14. The molecule has 0 fully saturated rings. The zero-order chi connectivity index (χ0) is 20.1. The molecule has 0 saturated carbocycles. The van der Waals surface area contributed by atoms with Gasteiger partial charge >= 0.3 is 11.7 Å². The number of hydrogen-bond donors (Lipinski definition) is 2. The summed E-state index contributed by atoms with van der Waals surface area (Å²) in [6, 6.07) is 1.76. The molecule has 146 valence electrons. The number of rotatable bonds is 8. The first-order chi connectivity index (χ1) is 12.8. The van der Waals surface area contributed by atoms with Gasteiger partial charge in [0.1, 0.15) is 16.3 Å². The van der Waals surface area contributed by atoms with Crippen LogP contribution in [0, 0.1) is 6.92 Å². The molecule has 9 heteroatoms. The molecule has 2 heterocycles. The summed E-state index contributed by atoms with van der Waals surface area (Å²) in [5.74, 6) is -1.60. The van der Waals surface area contributed by atoms with E-state index < -0.39 is 29.6 Å². The van der Waals surface area contributed by atoms with Gasteiger partial charge in [-0.15, -0.1) is 11.3 Å². The Bertz CT molecular complexity index is 970. The average molecular weight is 393 g/mol. The Balaban J connectivity index is 2.17. The van der Waals surface area contributed by atoms with Crippen molar-refractivity contribution in [1.82, 2.24) is 9.55 Å². The fourth-order valence-corrected chi connectivity index (χ4v) is 3.68. The molecule has 2 aromatic rings. The lowest BCUT2D eigenvalue weighted by Gasteiger charge is -2.11. The number of nitrogens with two attached hydrogens (primary N) is 1. The number of Topliss-reactive ketones (excluding diaryl/α,β-unsaturated/α-hetero) is 1. The number of aromatic amines is 1. The Morgan fingerprint density at radius 3 is 2.59 bits per heavy atom. The van der Waals surface area contributed by atoms with E-state index in [2.05, 4.69) is 4.98 Å². The van der Waals surface area contributed by atoms with Gasteiger partial charge in [0.15, 0.2) is 6.61 Å². The molecule has 0 aliphatic heterocycles. The summed E-state index contributed by atoms with van der Waals surface area (Å²) in [5.41, 5.74) is 4.97. The largest absolute Gasteiger partial charge is 0.453 e. The van der Waals surface area contributed by atoms with E-state index in [1.165, 1.54) is 11.3 Å². The smallest absolute Gasteiger partial charge is 0.348 e. The van der Waals surface area contributed by atoms with Crippen molar-refractivity contribution < 1.29 is 14.3 Å². The Morgan fingerprint density at radius 1 is 1.26 bits per heavy atom. The molecule has 3 N–H and O–H groups in total. The van der Waals surface area contributed by atoms with Gasteiger partial charge in [0, 0.05) is 11.4 Å². The number of carbonyl (C=O) groups is 2. The third-order valence-electron chi connectivity index (χ3n) is 4.04. The number of esters is 1. The molecule has 0 aliphatic rings. The average Bonchev–Trinajstić information content (AvgIpc) is 2.97. The molecule has 0 atom stereocenters. The SMILES string of the molecule is CCCc1cc(C(=O)OCC(=O)c2c(N)n(CCC)c(=O)[nH]c2=O)sc1C. The fraction of sp³-hybridized carbons (Fsp3) is 0.444. The second-order valence-corrected chi connectivity index (χ2v) is 7.37. The van der Waals surface area contributed by atoms with Crippen LogP contribution in [0.5, 0.6) is 0 Å². The molecule has 2 aromatic heterocycles. The second-order valence-electron chi connectivity index (χ2n) is 6.11. The topological polar surface area (TPSA) is 124 Å². The van der Waals surface area contributed by atoms with Crippen molar-refractivity contribution in [3.05, 3.63) is 47.8 Å². The number of ketones is 1. The molecule has 0 aromatic carbocycles. The van der Waals surface area contributed by atoms with E-state index in [1.54, 1.807) is 6.07 Å². The Hall–Kier alpha value is -2.68. The van der Waals surface area contributed by atoms with Gasteiger partial charge in [-0.25, -0.2) is 9.59 Å². The summed E-state index contributed by atoms with van der Waals surface area (Å²) in [7, 11) is 0. The Labute approximate surface area is 160 Å². The van der Waals surface area contributed by atoms with Crippen molar-refractivity contribution >= 4 is 28.9 Å². The Kier molecular flexibility index (Phi) is 6.73. The quantitative estimate of drug-likeness (QED) is 0.521. The van der Waals surface area contributed by atoms with Gasteiger partial charge in [-0.05, 0) is 31.4 Å². The number of hydrogen-bond acceptors (Lipinski definition) is 7. The predicted octanol–water partition coefficient (Wildman–Crippen LogP) is 1.89. The number of nitrogen functional groups attached to an aromatic ring is 1. The lowest BCUT2D eigenvalue weighted by molar-refractivity contribution is 0.0479. The van der Waals surface area contributed by atoms with E-state index in [0.29, 0.717) is 11.3 Å². The number of aryl methyl sites for hydroxylation is 2. The Morgan fingerprint density at radius 2 is 1.96 bits per heavy atom.